The van der Waals surface area contributed by atoms with E-state index in [0.717, 1.165) is 25.7 Å². The van der Waals surface area contributed by atoms with Gasteiger partial charge in [-0.2, -0.15) is 0 Å². The Morgan fingerprint density at radius 3 is 2.42 bits per heavy atom. The summed E-state index contributed by atoms with van der Waals surface area (Å²) in [6.45, 7) is 0. The largest absolute Gasteiger partial charge is 0.481 e. The number of carbonyl (C=O) groups is 1. The van der Waals surface area contributed by atoms with E-state index < -0.39 is 5.97 Å². The lowest BCUT2D eigenvalue weighted by atomic mass is 9.93. The fourth-order valence-electron chi connectivity index (χ4n) is 2.38. The van der Waals surface area contributed by atoms with Crippen LogP contribution < -0.4 is 0 Å². The van der Waals surface area contributed by atoms with Gasteiger partial charge in [0.1, 0.15) is 0 Å². The van der Waals surface area contributed by atoms with Crippen LogP contribution >= 0.6 is 0 Å². The molecule has 12 heavy (non-hydrogen) atoms. The molecule has 0 aromatic carbocycles. The molecular weight excluding hydrogens is 156 g/mol. The van der Waals surface area contributed by atoms with Gasteiger partial charge in [-0.05, 0) is 31.6 Å². The molecule has 0 spiro atoms. The van der Waals surface area contributed by atoms with Crippen molar-refractivity contribution in [2.75, 3.05) is 0 Å². The van der Waals surface area contributed by atoms with E-state index in [2.05, 4.69) is 0 Å². The summed E-state index contributed by atoms with van der Waals surface area (Å²) in [5.74, 6) is -0.296. The average molecular weight is 170 g/mol. The number of rotatable bonds is 2. The van der Waals surface area contributed by atoms with E-state index in [1.807, 2.05) is 0 Å². The van der Waals surface area contributed by atoms with Crippen LogP contribution in [0.2, 0.25) is 0 Å². The molecule has 2 atom stereocenters. The molecule has 68 valence electrons. The Kier molecular flexibility index (Phi) is 2.05. The Labute approximate surface area is 71.7 Å². The maximum Gasteiger partial charge on any atom is 0.303 e. The van der Waals surface area contributed by atoms with Gasteiger partial charge in [-0.25, -0.2) is 0 Å². The normalized spacial score (nSPS) is 39.8. The number of carboxylic acid groups (broad SMARTS) is 1. The van der Waals surface area contributed by atoms with Gasteiger partial charge in [0.15, 0.2) is 0 Å². The van der Waals surface area contributed by atoms with Crippen molar-refractivity contribution in [2.24, 2.45) is 5.92 Å². The molecule has 3 heteroatoms. The first kappa shape index (κ1) is 8.05. The van der Waals surface area contributed by atoms with Crippen LogP contribution in [0.25, 0.3) is 0 Å². The quantitative estimate of drug-likeness (QED) is 0.681. The van der Waals surface area contributed by atoms with Crippen LogP contribution in [0.3, 0.4) is 0 Å². The van der Waals surface area contributed by atoms with E-state index in [4.69, 9.17) is 9.84 Å². The van der Waals surface area contributed by atoms with Gasteiger partial charge in [-0.15, -0.1) is 0 Å². The van der Waals surface area contributed by atoms with Gasteiger partial charge in [0.25, 0.3) is 0 Å². The topological polar surface area (TPSA) is 46.5 Å². The molecule has 2 heterocycles. The lowest BCUT2D eigenvalue weighted by molar-refractivity contribution is -0.139. The van der Waals surface area contributed by atoms with Crippen molar-refractivity contribution >= 4 is 5.97 Å². The minimum Gasteiger partial charge on any atom is -0.481 e. The fraction of sp³-hybridized carbons (Fsp3) is 0.889. The lowest BCUT2D eigenvalue weighted by Crippen LogP contribution is -2.26. The zero-order valence-electron chi connectivity index (χ0n) is 7.03. The van der Waals surface area contributed by atoms with Crippen LogP contribution in [-0.2, 0) is 9.53 Å². The standard InChI is InChI=1S/C9H14O3/c10-9(11)5-6-3-7-1-2-8(4-6)12-7/h6-8H,1-5H2,(H,10,11)/t7-,8-/m1/s1. The summed E-state index contributed by atoms with van der Waals surface area (Å²) < 4.78 is 5.62. The maximum atomic E-state index is 10.5. The number of fused-ring (bicyclic) bond motifs is 2. The smallest absolute Gasteiger partial charge is 0.303 e. The van der Waals surface area contributed by atoms with Gasteiger partial charge in [-0.3, -0.25) is 4.79 Å². The molecule has 0 aromatic rings. The Morgan fingerprint density at radius 2 is 1.92 bits per heavy atom. The Balaban J connectivity index is 1.89. The zero-order chi connectivity index (χ0) is 8.55. The summed E-state index contributed by atoms with van der Waals surface area (Å²) in [7, 11) is 0. The molecular formula is C9H14O3. The van der Waals surface area contributed by atoms with E-state index in [1.54, 1.807) is 0 Å². The summed E-state index contributed by atoms with van der Waals surface area (Å²) in [4.78, 5) is 10.5. The SMILES string of the molecule is O=C(O)CC1C[C@H]2CC[C@H](C1)O2. The second-order valence-electron chi connectivity index (χ2n) is 3.89. The number of hydrogen-bond acceptors (Lipinski definition) is 2. The van der Waals surface area contributed by atoms with E-state index >= 15 is 0 Å². The van der Waals surface area contributed by atoms with Gasteiger partial charge >= 0.3 is 5.97 Å². The van der Waals surface area contributed by atoms with Crippen LogP contribution in [0.1, 0.15) is 32.1 Å². The molecule has 2 aliphatic rings. The second kappa shape index (κ2) is 3.05. The highest BCUT2D eigenvalue weighted by Crippen LogP contribution is 2.37. The molecule has 0 unspecified atom stereocenters. The predicted octanol–water partition coefficient (Wildman–Crippen LogP) is 1.42. The third-order valence-corrected chi connectivity index (χ3v) is 2.85. The van der Waals surface area contributed by atoms with Crippen molar-refractivity contribution in [3.63, 3.8) is 0 Å². The van der Waals surface area contributed by atoms with E-state index in [-0.39, 0.29) is 0 Å². The van der Waals surface area contributed by atoms with Crippen molar-refractivity contribution in [3.05, 3.63) is 0 Å². The van der Waals surface area contributed by atoms with Crippen molar-refractivity contribution in [3.8, 4) is 0 Å². The summed E-state index contributed by atoms with van der Waals surface area (Å²) in [5, 5.41) is 8.62. The summed E-state index contributed by atoms with van der Waals surface area (Å²) >= 11 is 0. The molecule has 0 saturated carbocycles. The van der Waals surface area contributed by atoms with E-state index in [9.17, 15) is 4.79 Å². The van der Waals surface area contributed by atoms with E-state index in [1.165, 1.54) is 0 Å². The number of ether oxygens (including phenoxy) is 1. The number of hydrogen-bond donors (Lipinski definition) is 1. The van der Waals surface area contributed by atoms with Crippen LogP contribution in [0.4, 0.5) is 0 Å². The highest BCUT2D eigenvalue weighted by Gasteiger charge is 2.35. The first-order chi connectivity index (χ1) is 5.74. The molecule has 2 bridgehead atoms. The van der Waals surface area contributed by atoms with Crippen LogP contribution in [-0.4, -0.2) is 23.3 Å². The van der Waals surface area contributed by atoms with Gasteiger partial charge < -0.3 is 9.84 Å². The van der Waals surface area contributed by atoms with Crippen LogP contribution in [0.15, 0.2) is 0 Å². The first-order valence-electron chi connectivity index (χ1n) is 4.61. The van der Waals surface area contributed by atoms with E-state index in [0.29, 0.717) is 24.5 Å². The van der Waals surface area contributed by atoms with Gasteiger partial charge in [0.05, 0.1) is 12.2 Å². The van der Waals surface area contributed by atoms with Gasteiger partial charge in [0.2, 0.25) is 0 Å². The summed E-state index contributed by atoms with van der Waals surface area (Å²) in [5.41, 5.74) is 0. The average Bonchev–Trinajstić information content (AvgIpc) is 2.29. The summed E-state index contributed by atoms with van der Waals surface area (Å²) in [6, 6.07) is 0. The molecule has 0 aliphatic carbocycles. The Hall–Kier alpha value is -0.570. The second-order valence-corrected chi connectivity index (χ2v) is 3.89. The monoisotopic (exact) mass is 170 g/mol. The third kappa shape index (κ3) is 1.61. The van der Waals surface area contributed by atoms with Gasteiger partial charge in [0, 0.05) is 6.42 Å². The van der Waals surface area contributed by atoms with Crippen molar-refractivity contribution in [2.45, 2.75) is 44.3 Å². The highest BCUT2D eigenvalue weighted by molar-refractivity contribution is 5.67. The molecule has 0 aromatic heterocycles. The molecule has 1 N–H and O–H groups in total. The Morgan fingerprint density at radius 1 is 1.33 bits per heavy atom. The molecule has 2 fully saturated rings. The maximum absolute atomic E-state index is 10.5. The van der Waals surface area contributed by atoms with Crippen molar-refractivity contribution in [1.82, 2.24) is 0 Å². The molecule has 2 aliphatic heterocycles. The third-order valence-electron chi connectivity index (χ3n) is 2.85. The molecule has 0 radical (unpaired) electrons. The minimum atomic E-state index is -0.665. The fourth-order valence-corrected chi connectivity index (χ4v) is 2.38. The Bertz CT molecular complexity index is 178. The van der Waals surface area contributed by atoms with Gasteiger partial charge in [-0.1, -0.05) is 0 Å². The van der Waals surface area contributed by atoms with Crippen LogP contribution in [0, 0.1) is 5.92 Å². The molecule has 2 rings (SSSR count). The minimum absolute atomic E-state index is 0.330. The first-order valence-corrected chi connectivity index (χ1v) is 4.61. The molecule has 2 saturated heterocycles. The summed E-state index contributed by atoms with van der Waals surface area (Å²) in [6.07, 6.45) is 5.27. The number of carboxylic acids is 1. The number of aliphatic carboxylic acids is 1. The molecule has 3 nitrogen and oxygen atoms in total. The molecule has 0 amide bonds. The van der Waals surface area contributed by atoms with Crippen LogP contribution in [0.5, 0.6) is 0 Å². The lowest BCUT2D eigenvalue weighted by Gasteiger charge is -2.26. The zero-order valence-corrected chi connectivity index (χ0v) is 7.03. The van der Waals surface area contributed by atoms with Crippen molar-refractivity contribution < 1.29 is 14.6 Å². The predicted molar refractivity (Wildman–Crippen MR) is 42.9 cm³/mol. The van der Waals surface area contributed by atoms with Crippen molar-refractivity contribution in [1.29, 1.82) is 0 Å². The highest BCUT2D eigenvalue weighted by atomic mass is 16.5.